The van der Waals surface area contributed by atoms with Crippen molar-refractivity contribution in [2.45, 2.75) is 0 Å². The highest BCUT2D eigenvalue weighted by atomic mass is 35.5. The summed E-state index contributed by atoms with van der Waals surface area (Å²) < 4.78 is 5.34. The molecular formula is C21H15ClN2O5. The molecule has 1 amide bonds. The smallest absolute Gasteiger partial charge is 0.269 e. The lowest BCUT2D eigenvalue weighted by atomic mass is 10.0. The average Bonchev–Trinajstić information content (AvgIpc) is 2.74. The number of carbonyl (C=O) groups excluding carboxylic acids is 2. The summed E-state index contributed by atoms with van der Waals surface area (Å²) in [6, 6.07) is 18.6. The van der Waals surface area contributed by atoms with E-state index in [1.165, 1.54) is 30.3 Å². The first-order chi connectivity index (χ1) is 13.9. The van der Waals surface area contributed by atoms with Crippen molar-refractivity contribution in [3.8, 4) is 5.75 Å². The van der Waals surface area contributed by atoms with Gasteiger partial charge >= 0.3 is 0 Å². The van der Waals surface area contributed by atoms with Crippen LogP contribution in [0.3, 0.4) is 0 Å². The maximum Gasteiger partial charge on any atom is 0.269 e. The highest BCUT2D eigenvalue weighted by molar-refractivity contribution is 6.31. The van der Waals surface area contributed by atoms with Crippen molar-refractivity contribution < 1.29 is 19.2 Å². The van der Waals surface area contributed by atoms with Gasteiger partial charge in [-0.15, -0.1) is 0 Å². The number of carbonyl (C=O) groups is 2. The molecule has 0 fully saturated rings. The number of nitrogens with one attached hydrogen (secondary N) is 1. The molecule has 29 heavy (non-hydrogen) atoms. The number of ketones is 1. The summed E-state index contributed by atoms with van der Waals surface area (Å²) in [5, 5.41) is 13.7. The zero-order valence-corrected chi connectivity index (χ0v) is 15.8. The van der Waals surface area contributed by atoms with E-state index in [-0.39, 0.29) is 23.6 Å². The monoisotopic (exact) mass is 410 g/mol. The number of hydrogen-bond acceptors (Lipinski definition) is 5. The quantitative estimate of drug-likeness (QED) is 0.351. The second kappa shape index (κ2) is 8.99. The van der Waals surface area contributed by atoms with Crippen LogP contribution in [-0.2, 0) is 4.79 Å². The summed E-state index contributed by atoms with van der Waals surface area (Å²) in [6.45, 7) is -0.334. The number of ether oxygens (including phenoxy) is 1. The van der Waals surface area contributed by atoms with Crippen molar-refractivity contribution in [1.82, 2.24) is 0 Å². The van der Waals surface area contributed by atoms with Crippen molar-refractivity contribution >= 4 is 34.7 Å². The third kappa shape index (κ3) is 5.18. The van der Waals surface area contributed by atoms with E-state index < -0.39 is 10.8 Å². The number of non-ortho nitro benzene ring substituents is 1. The lowest BCUT2D eigenvalue weighted by Crippen LogP contribution is -2.21. The standard InChI is InChI=1S/C21H15ClN2O5/c22-15-6-11-19(18(12-15)21(26)14-4-2-1-3-5-14)23-20(25)13-29-17-9-7-16(8-10-17)24(27)28/h1-12H,13H2,(H,23,25). The summed E-state index contributed by atoms with van der Waals surface area (Å²) in [7, 11) is 0. The van der Waals surface area contributed by atoms with E-state index in [9.17, 15) is 19.7 Å². The van der Waals surface area contributed by atoms with Gasteiger partial charge in [0.25, 0.3) is 11.6 Å². The molecule has 0 aromatic heterocycles. The third-order valence-electron chi connectivity index (χ3n) is 3.95. The van der Waals surface area contributed by atoms with Crippen molar-refractivity contribution in [2.24, 2.45) is 0 Å². The van der Waals surface area contributed by atoms with Gasteiger partial charge in [-0.2, -0.15) is 0 Å². The highest BCUT2D eigenvalue weighted by Crippen LogP contribution is 2.24. The van der Waals surface area contributed by atoms with E-state index in [4.69, 9.17) is 16.3 Å². The molecule has 3 aromatic carbocycles. The van der Waals surface area contributed by atoms with E-state index in [1.807, 2.05) is 0 Å². The van der Waals surface area contributed by atoms with Crippen LogP contribution in [0.2, 0.25) is 5.02 Å². The molecule has 8 heteroatoms. The van der Waals surface area contributed by atoms with E-state index in [1.54, 1.807) is 42.5 Å². The van der Waals surface area contributed by atoms with Crippen molar-refractivity contribution in [2.75, 3.05) is 11.9 Å². The van der Waals surface area contributed by atoms with Crippen molar-refractivity contribution in [1.29, 1.82) is 0 Å². The van der Waals surface area contributed by atoms with Gasteiger partial charge in [0.05, 0.1) is 10.6 Å². The summed E-state index contributed by atoms with van der Waals surface area (Å²) in [5.41, 5.74) is 0.951. The number of nitrogens with zero attached hydrogens (tertiary/aromatic N) is 1. The molecule has 0 aliphatic carbocycles. The summed E-state index contributed by atoms with van der Waals surface area (Å²) in [5.74, 6) is -0.463. The summed E-state index contributed by atoms with van der Waals surface area (Å²) >= 11 is 6.02. The molecule has 146 valence electrons. The van der Waals surface area contributed by atoms with Gasteiger partial charge in [0, 0.05) is 28.3 Å². The maximum absolute atomic E-state index is 12.8. The van der Waals surface area contributed by atoms with E-state index in [0.717, 1.165) is 0 Å². The van der Waals surface area contributed by atoms with E-state index in [0.29, 0.717) is 22.0 Å². The molecule has 1 N–H and O–H groups in total. The van der Waals surface area contributed by atoms with Crippen molar-refractivity contribution in [3.63, 3.8) is 0 Å². The number of rotatable bonds is 7. The fraction of sp³-hybridized carbons (Fsp3) is 0.0476. The molecule has 0 aliphatic rings. The first-order valence-corrected chi connectivity index (χ1v) is 8.88. The Morgan fingerprint density at radius 1 is 1.00 bits per heavy atom. The van der Waals surface area contributed by atoms with Crippen LogP contribution >= 0.6 is 11.6 Å². The molecule has 3 aromatic rings. The van der Waals surface area contributed by atoms with Crippen LogP contribution in [0.1, 0.15) is 15.9 Å². The first-order valence-electron chi connectivity index (χ1n) is 8.50. The Morgan fingerprint density at radius 2 is 1.69 bits per heavy atom. The van der Waals surface area contributed by atoms with Gasteiger partial charge in [-0.25, -0.2) is 0 Å². The van der Waals surface area contributed by atoms with Crippen LogP contribution in [0.15, 0.2) is 72.8 Å². The minimum absolute atomic E-state index is 0.0768. The van der Waals surface area contributed by atoms with Gasteiger partial charge in [-0.3, -0.25) is 19.7 Å². The maximum atomic E-state index is 12.8. The number of nitro benzene ring substituents is 1. The molecule has 0 aliphatic heterocycles. The molecular weight excluding hydrogens is 396 g/mol. The van der Waals surface area contributed by atoms with Gasteiger partial charge in [0.2, 0.25) is 0 Å². The molecule has 0 atom stereocenters. The van der Waals surface area contributed by atoms with Crippen molar-refractivity contribution in [3.05, 3.63) is 99.1 Å². The lowest BCUT2D eigenvalue weighted by molar-refractivity contribution is -0.384. The minimum atomic E-state index is -0.525. The zero-order valence-electron chi connectivity index (χ0n) is 15.0. The van der Waals surface area contributed by atoms with Crippen LogP contribution in [0, 0.1) is 10.1 Å². The first kappa shape index (κ1) is 20.0. The molecule has 0 spiro atoms. The summed E-state index contributed by atoms with van der Waals surface area (Å²) in [4.78, 5) is 35.2. The normalized spacial score (nSPS) is 10.2. The van der Waals surface area contributed by atoms with Crippen LogP contribution in [0.4, 0.5) is 11.4 Å². The van der Waals surface area contributed by atoms with Gasteiger partial charge < -0.3 is 10.1 Å². The van der Waals surface area contributed by atoms with Gasteiger partial charge in [-0.05, 0) is 30.3 Å². The van der Waals surface area contributed by atoms with Crippen LogP contribution < -0.4 is 10.1 Å². The Kier molecular flexibility index (Phi) is 6.21. The van der Waals surface area contributed by atoms with E-state index >= 15 is 0 Å². The number of halogens is 1. The Hall–Kier alpha value is -3.71. The van der Waals surface area contributed by atoms with Gasteiger partial charge in [-0.1, -0.05) is 41.9 Å². The number of hydrogen-bond donors (Lipinski definition) is 1. The van der Waals surface area contributed by atoms with Crippen LogP contribution in [0.25, 0.3) is 0 Å². The Morgan fingerprint density at radius 3 is 2.34 bits per heavy atom. The van der Waals surface area contributed by atoms with Crippen LogP contribution in [-0.4, -0.2) is 23.2 Å². The second-order valence-corrected chi connectivity index (χ2v) is 6.41. The fourth-order valence-corrected chi connectivity index (χ4v) is 2.73. The van der Waals surface area contributed by atoms with Gasteiger partial charge in [0.1, 0.15) is 5.75 Å². The predicted octanol–water partition coefficient (Wildman–Crippen LogP) is 4.50. The van der Waals surface area contributed by atoms with Crippen LogP contribution in [0.5, 0.6) is 5.75 Å². The molecule has 0 saturated carbocycles. The Bertz CT molecular complexity index is 1050. The third-order valence-corrected chi connectivity index (χ3v) is 4.19. The van der Waals surface area contributed by atoms with E-state index in [2.05, 4.69) is 5.32 Å². The molecule has 0 unspecified atom stereocenters. The predicted molar refractivity (Wildman–Crippen MR) is 109 cm³/mol. The topological polar surface area (TPSA) is 98.5 Å². The number of anilines is 1. The molecule has 3 rings (SSSR count). The molecule has 0 radical (unpaired) electrons. The highest BCUT2D eigenvalue weighted by Gasteiger charge is 2.16. The lowest BCUT2D eigenvalue weighted by Gasteiger charge is -2.12. The minimum Gasteiger partial charge on any atom is -0.484 e. The van der Waals surface area contributed by atoms with Gasteiger partial charge in [0.15, 0.2) is 12.4 Å². The Balaban J connectivity index is 1.70. The second-order valence-electron chi connectivity index (χ2n) is 5.97. The molecule has 0 bridgehead atoms. The fourth-order valence-electron chi connectivity index (χ4n) is 2.56. The largest absolute Gasteiger partial charge is 0.484 e. The number of nitro groups is 1. The molecule has 0 heterocycles. The number of amides is 1. The summed E-state index contributed by atoms with van der Waals surface area (Å²) in [6.07, 6.45) is 0. The SMILES string of the molecule is O=C(COc1ccc([N+](=O)[O-])cc1)Nc1ccc(Cl)cc1C(=O)c1ccccc1. The average molecular weight is 411 g/mol. The zero-order chi connectivity index (χ0) is 20.8. The number of benzene rings is 3. The Labute approximate surface area is 171 Å². The molecule has 7 nitrogen and oxygen atoms in total. The molecule has 0 saturated heterocycles.